The molecule has 0 aromatic heterocycles. The number of aryl methyl sites for hydroxylation is 1. The second-order valence-electron chi connectivity index (χ2n) is 8.89. The molecule has 1 aromatic rings. The second kappa shape index (κ2) is 16.2. The highest BCUT2D eigenvalue weighted by molar-refractivity contribution is 5.89. The fourth-order valence-corrected chi connectivity index (χ4v) is 4.05. The van der Waals surface area contributed by atoms with E-state index in [1.165, 1.54) is 70.6 Å². The normalized spacial score (nSPS) is 12.4. The number of carbonyl (C=O) groups is 1. The minimum Gasteiger partial charge on any atom is -0.478 e. The van der Waals surface area contributed by atoms with Crippen molar-refractivity contribution in [3.63, 3.8) is 0 Å². The molecule has 4 heteroatoms. The van der Waals surface area contributed by atoms with Crippen LogP contribution >= 0.6 is 0 Å². The Labute approximate surface area is 184 Å². The molecule has 1 aromatic carbocycles. The van der Waals surface area contributed by atoms with E-state index in [9.17, 15) is 9.90 Å². The molecule has 0 fully saturated rings. The van der Waals surface area contributed by atoms with E-state index in [-0.39, 0.29) is 12.2 Å². The topological polar surface area (TPSA) is 72.6 Å². The van der Waals surface area contributed by atoms with Crippen LogP contribution in [0.5, 0.6) is 0 Å². The Morgan fingerprint density at radius 1 is 0.933 bits per heavy atom. The second-order valence-corrected chi connectivity index (χ2v) is 8.89. The molecule has 0 spiro atoms. The van der Waals surface area contributed by atoms with Crippen molar-refractivity contribution in [3.05, 3.63) is 29.3 Å². The van der Waals surface area contributed by atoms with Gasteiger partial charge in [0.25, 0.3) is 0 Å². The maximum absolute atomic E-state index is 11.5. The van der Waals surface area contributed by atoms with E-state index in [1.807, 2.05) is 0 Å². The number of aromatic carboxylic acids is 1. The lowest BCUT2D eigenvalue weighted by Crippen LogP contribution is -2.19. The smallest absolute Gasteiger partial charge is 0.335 e. The molecule has 1 unspecified atom stereocenters. The Morgan fingerprint density at radius 2 is 1.50 bits per heavy atom. The van der Waals surface area contributed by atoms with Crippen LogP contribution in [-0.4, -0.2) is 23.3 Å². The summed E-state index contributed by atoms with van der Waals surface area (Å²) in [5.74, 6) is -0.892. The van der Waals surface area contributed by atoms with Gasteiger partial charge in [0.2, 0.25) is 0 Å². The Bertz CT molecular complexity index is 586. The van der Waals surface area contributed by atoms with Gasteiger partial charge in [0.1, 0.15) is 0 Å². The number of carboxylic acid groups (broad SMARTS) is 1. The quantitative estimate of drug-likeness (QED) is 0.192. The van der Waals surface area contributed by atoms with E-state index in [4.69, 9.17) is 10.5 Å². The van der Waals surface area contributed by atoms with Gasteiger partial charge in [-0.2, -0.15) is 0 Å². The first-order valence-corrected chi connectivity index (χ1v) is 12.2. The predicted molar refractivity (Wildman–Crippen MR) is 127 cm³/mol. The lowest BCUT2D eigenvalue weighted by atomic mass is 9.97. The molecule has 0 saturated carbocycles. The van der Waals surface area contributed by atoms with E-state index in [1.54, 1.807) is 18.2 Å². The Balaban J connectivity index is 2.30. The average Bonchev–Trinajstić information content (AvgIpc) is 2.69. The van der Waals surface area contributed by atoms with Crippen LogP contribution < -0.4 is 5.73 Å². The molecule has 0 aliphatic carbocycles. The number of anilines is 1. The summed E-state index contributed by atoms with van der Waals surface area (Å²) in [4.78, 5) is 11.5. The van der Waals surface area contributed by atoms with Crippen molar-refractivity contribution in [3.8, 4) is 0 Å². The first-order chi connectivity index (χ1) is 14.4. The fraction of sp³-hybridized carbons (Fsp3) is 0.731. The van der Waals surface area contributed by atoms with Gasteiger partial charge in [0.05, 0.1) is 17.8 Å². The molecule has 3 N–H and O–H groups in total. The van der Waals surface area contributed by atoms with E-state index in [0.29, 0.717) is 17.7 Å². The third-order valence-electron chi connectivity index (χ3n) is 5.69. The number of benzene rings is 1. The zero-order chi connectivity index (χ0) is 22.2. The molecule has 172 valence electrons. The molecule has 0 heterocycles. The number of hydrogen-bond donors (Lipinski definition) is 2. The van der Waals surface area contributed by atoms with Gasteiger partial charge >= 0.3 is 5.97 Å². The molecular weight excluding hydrogens is 374 g/mol. The van der Waals surface area contributed by atoms with Crippen molar-refractivity contribution in [2.75, 3.05) is 5.73 Å². The molecule has 1 atom stereocenters. The maximum atomic E-state index is 11.5. The summed E-state index contributed by atoms with van der Waals surface area (Å²) < 4.78 is 6.12. The zero-order valence-corrected chi connectivity index (χ0v) is 19.6. The maximum Gasteiger partial charge on any atom is 0.335 e. The van der Waals surface area contributed by atoms with E-state index in [2.05, 4.69) is 20.8 Å². The Hall–Kier alpha value is -1.55. The molecule has 30 heavy (non-hydrogen) atoms. The highest BCUT2D eigenvalue weighted by Gasteiger charge is 2.15. The number of carboxylic acids is 1. The van der Waals surface area contributed by atoms with Crippen molar-refractivity contribution in [2.45, 2.75) is 123 Å². The zero-order valence-electron chi connectivity index (χ0n) is 19.6. The van der Waals surface area contributed by atoms with Crippen LogP contribution in [0.25, 0.3) is 0 Å². The van der Waals surface area contributed by atoms with Crippen LogP contribution in [0.1, 0.15) is 120 Å². The molecule has 0 aliphatic heterocycles. The van der Waals surface area contributed by atoms with Gasteiger partial charge in [-0.3, -0.25) is 0 Å². The van der Waals surface area contributed by atoms with Crippen LogP contribution in [0, 0.1) is 0 Å². The summed E-state index contributed by atoms with van der Waals surface area (Å²) in [6.07, 6.45) is 17.6. The summed E-state index contributed by atoms with van der Waals surface area (Å²) in [6, 6.07) is 5.05. The summed E-state index contributed by atoms with van der Waals surface area (Å²) in [6.45, 7) is 6.40. The Morgan fingerprint density at radius 3 is 2.03 bits per heavy atom. The number of nitrogen functional groups attached to an aromatic ring is 1. The van der Waals surface area contributed by atoms with E-state index in [0.717, 1.165) is 18.4 Å². The number of nitrogens with two attached hydrogens (primary N) is 1. The summed E-state index contributed by atoms with van der Waals surface area (Å²) in [7, 11) is 0. The SMILES string of the molecule is CCCCCCCCCCCCCC(CCc1cc(N)ccc1C(=O)O)OC(C)C. The monoisotopic (exact) mass is 419 g/mol. The molecule has 0 radical (unpaired) electrons. The first kappa shape index (κ1) is 26.5. The predicted octanol–water partition coefficient (Wildman–Crippen LogP) is 7.39. The molecule has 0 saturated heterocycles. The van der Waals surface area contributed by atoms with E-state index >= 15 is 0 Å². The van der Waals surface area contributed by atoms with Gasteiger partial charge in [-0.15, -0.1) is 0 Å². The largest absolute Gasteiger partial charge is 0.478 e. The molecular formula is C26H45NO3. The minimum atomic E-state index is -0.892. The third kappa shape index (κ3) is 12.2. The van der Waals surface area contributed by atoms with E-state index < -0.39 is 5.97 Å². The number of unbranched alkanes of at least 4 members (excludes halogenated alkanes) is 10. The van der Waals surface area contributed by atoms with Gasteiger partial charge < -0.3 is 15.6 Å². The standard InChI is InChI=1S/C26H45NO3/c1-4-5-6-7-8-9-10-11-12-13-14-15-24(30-21(2)3)18-16-22-20-23(27)17-19-25(22)26(28)29/h17,19-21,24H,4-16,18,27H2,1-3H3,(H,28,29). The summed E-state index contributed by atoms with van der Waals surface area (Å²) in [5, 5.41) is 9.41. The lowest BCUT2D eigenvalue weighted by molar-refractivity contribution is -0.00251. The number of hydrogen-bond acceptors (Lipinski definition) is 3. The highest BCUT2D eigenvalue weighted by Crippen LogP contribution is 2.21. The van der Waals surface area contributed by atoms with Gasteiger partial charge in [0, 0.05) is 5.69 Å². The van der Waals surface area contributed by atoms with Crippen molar-refractivity contribution in [2.24, 2.45) is 0 Å². The van der Waals surface area contributed by atoms with Gasteiger partial charge in [-0.1, -0.05) is 77.6 Å². The van der Waals surface area contributed by atoms with Crippen LogP contribution in [0.15, 0.2) is 18.2 Å². The summed E-state index contributed by atoms with van der Waals surface area (Å²) in [5.41, 5.74) is 7.64. The summed E-state index contributed by atoms with van der Waals surface area (Å²) >= 11 is 0. The van der Waals surface area contributed by atoms with Crippen molar-refractivity contribution < 1.29 is 14.6 Å². The molecule has 4 nitrogen and oxygen atoms in total. The van der Waals surface area contributed by atoms with Crippen LogP contribution in [0.4, 0.5) is 5.69 Å². The fourth-order valence-electron chi connectivity index (χ4n) is 4.05. The van der Waals surface area contributed by atoms with Gasteiger partial charge in [-0.05, 0) is 56.9 Å². The third-order valence-corrected chi connectivity index (χ3v) is 5.69. The van der Waals surface area contributed by atoms with Crippen molar-refractivity contribution >= 4 is 11.7 Å². The van der Waals surface area contributed by atoms with Crippen molar-refractivity contribution in [1.82, 2.24) is 0 Å². The average molecular weight is 420 g/mol. The Kier molecular flexibility index (Phi) is 14.3. The molecule has 0 aliphatic rings. The number of ether oxygens (including phenoxy) is 1. The minimum absolute atomic E-state index is 0.173. The molecule has 0 bridgehead atoms. The van der Waals surface area contributed by atoms with Crippen LogP contribution in [0.2, 0.25) is 0 Å². The van der Waals surface area contributed by atoms with Crippen LogP contribution in [0.3, 0.4) is 0 Å². The van der Waals surface area contributed by atoms with Gasteiger partial charge in [-0.25, -0.2) is 4.79 Å². The molecule has 0 amide bonds. The highest BCUT2D eigenvalue weighted by atomic mass is 16.5. The van der Waals surface area contributed by atoms with Gasteiger partial charge in [0.15, 0.2) is 0 Å². The van der Waals surface area contributed by atoms with Crippen LogP contribution in [-0.2, 0) is 11.2 Å². The first-order valence-electron chi connectivity index (χ1n) is 12.2. The number of rotatable bonds is 18. The lowest BCUT2D eigenvalue weighted by Gasteiger charge is -2.21. The van der Waals surface area contributed by atoms with Crippen molar-refractivity contribution in [1.29, 1.82) is 0 Å². The molecule has 1 rings (SSSR count).